The summed E-state index contributed by atoms with van der Waals surface area (Å²) in [6.45, 7) is 1.60. The summed E-state index contributed by atoms with van der Waals surface area (Å²) >= 11 is 0. The van der Waals surface area contributed by atoms with Gasteiger partial charge in [-0.15, -0.1) is 0 Å². The van der Waals surface area contributed by atoms with Crippen LogP contribution in [0.4, 0.5) is 4.79 Å². The molecule has 21 heavy (non-hydrogen) atoms. The Hall–Kier alpha value is -2.39. The van der Waals surface area contributed by atoms with Gasteiger partial charge < -0.3 is 10.6 Å². The minimum atomic E-state index is -0.776. The van der Waals surface area contributed by atoms with Crippen LogP contribution in [0, 0.1) is 11.3 Å². The van der Waals surface area contributed by atoms with Crippen LogP contribution in [0.2, 0.25) is 0 Å². The Morgan fingerprint density at radius 2 is 2.05 bits per heavy atom. The second-order valence-corrected chi connectivity index (χ2v) is 5.49. The van der Waals surface area contributed by atoms with Crippen molar-refractivity contribution in [1.29, 1.82) is 5.26 Å². The highest BCUT2D eigenvalue weighted by atomic mass is 16.2. The molecule has 6 heteroatoms. The van der Waals surface area contributed by atoms with Gasteiger partial charge in [-0.1, -0.05) is 12.1 Å². The van der Waals surface area contributed by atoms with Crippen molar-refractivity contribution in [3.05, 3.63) is 35.4 Å². The number of carbonyl (C=O) groups is 2. The van der Waals surface area contributed by atoms with E-state index in [1.165, 1.54) is 4.90 Å². The third-order valence-corrected chi connectivity index (χ3v) is 4.05. The Balaban J connectivity index is 1.77. The zero-order chi connectivity index (χ0) is 14.9. The number of benzene rings is 1. The van der Waals surface area contributed by atoms with E-state index in [0.29, 0.717) is 18.5 Å². The minimum Gasteiger partial charge on any atom is -0.322 e. The summed E-state index contributed by atoms with van der Waals surface area (Å²) in [6, 6.07) is 8.61. The number of nitrogens with zero attached hydrogens (tertiary/aromatic N) is 2. The zero-order valence-electron chi connectivity index (χ0n) is 11.6. The molecule has 2 aliphatic heterocycles. The van der Waals surface area contributed by atoms with Gasteiger partial charge in [0, 0.05) is 6.54 Å². The lowest BCUT2D eigenvalue weighted by Crippen LogP contribution is -2.57. The molecule has 6 nitrogen and oxygen atoms in total. The molecule has 3 amide bonds. The topological polar surface area (TPSA) is 85.2 Å². The molecule has 2 aliphatic rings. The summed E-state index contributed by atoms with van der Waals surface area (Å²) in [5.41, 5.74) is 0.615. The lowest BCUT2D eigenvalue weighted by molar-refractivity contribution is -0.132. The standard InChI is InChI=1S/C15H16N4O2/c16-8-11-2-4-12(5-3-11)9-19-13(20)15(18-14(19)21)6-1-7-17-10-15/h2-5,17H,1,6-7,9-10H2,(H,18,21). The summed E-state index contributed by atoms with van der Waals surface area (Å²) in [7, 11) is 0. The quantitative estimate of drug-likeness (QED) is 0.784. The van der Waals surface area contributed by atoms with Gasteiger partial charge in [-0.25, -0.2) is 4.79 Å². The Labute approximate surface area is 122 Å². The van der Waals surface area contributed by atoms with Gasteiger partial charge in [0.05, 0.1) is 18.2 Å². The van der Waals surface area contributed by atoms with Crippen LogP contribution in [0.25, 0.3) is 0 Å². The molecule has 2 saturated heterocycles. The summed E-state index contributed by atoms with van der Waals surface area (Å²) in [5.74, 6) is -0.163. The van der Waals surface area contributed by atoms with E-state index in [1.54, 1.807) is 24.3 Å². The maximum absolute atomic E-state index is 12.6. The third kappa shape index (κ3) is 2.36. The second-order valence-electron chi connectivity index (χ2n) is 5.49. The third-order valence-electron chi connectivity index (χ3n) is 4.05. The molecule has 1 aromatic carbocycles. The minimum absolute atomic E-state index is 0.163. The Bertz CT molecular complexity index is 612. The van der Waals surface area contributed by atoms with Crippen LogP contribution >= 0.6 is 0 Å². The molecule has 0 bridgehead atoms. The predicted molar refractivity (Wildman–Crippen MR) is 75.1 cm³/mol. The molecular weight excluding hydrogens is 268 g/mol. The molecule has 1 spiro atoms. The summed E-state index contributed by atoms with van der Waals surface area (Å²) < 4.78 is 0. The lowest BCUT2D eigenvalue weighted by Gasteiger charge is -2.31. The van der Waals surface area contributed by atoms with Crippen molar-refractivity contribution in [2.45, 2.75) is 24.9 Å². The van der Waals surface area contributed by atoms with E-state index in [0.717, 1.165) is 18.5 Å². The molecule has 2 fully saturated rings. The Morgan fingerprint density at radius 3 is 2.67 bits per heavy atom. The predicted octanol–water partition coefficient (Wildman–Crippen LogP) is 0.732. The van der Waals surface area contributed by atoms with E-state index >= 15 is 0 Å². The van der Waals surface area contributed by atoms with Gasteiger partial charge in [0.15, 0.2) is 0 Å². The van der Waals surface area contributed by atoms with Crippen molar-refractivity contribution in [3.8, 4) is 6.07 Å². The zero-order valence-corrected chi connectivity index (χ0v) is 11.6. The highest BCUT2D eigenvalue weighted by Crippen LogP contribution is 2.26. The van der Waals surface area contributed by atoms with Gasteiger partial charge in [-0.05, 0) is 37.1 Å². The highest BCUT2D eigenvalue weighted by Gasteiger charge is 2.51. The molecule has 0 aliphatic carbocycles. The van der Waals surface area contributed by atoms with Gasteiger partial charge in [0.25, 0.3) is 5.91 Å². The van der Waals surface area contributed by atoms with Crippen LogP contribution in [0.5, 0.6) is 0 Å². The van der Waals surface area contributed by atoms with Crippen LogP contribution in [-0.4, -0.2) is 35.5 Å². The molecule has 2 N–H and O–H groups in total. The molecule has 2 heterocycles. The second kappa shape index (κ2) is 5.19. The number of imide groups is 1. The molecule has 1 aromatic rings. The smallest absolute Gasteiger partial charge is 0.322 e. The number of hydrogen-bond acceptors (Lipinski definition) is 4. The lowest BCUT2D eigenvalue weighted by atomic mass is 9.90. The van der Waals surface area contributed by atoms with Crippen molar-refractivity contribution >= 4 is 11.9 Å². The monoisotopic (exact) mass is 284 g/mol. The highest BCUT2D eigenvalue weighted by molar-refractivity contribution is 6.07. The first kappa shape index (κ1) is 13.6. The van der Waals surface area contributed by atoms with E-state index in [9.17, 15) is 9.59 Å². The van der Waals surface area contributed by atoms with Crippen molar-refractivity contribution < 1.29 is 9.59 Å². The fourth-order valence-electron chi connectivity index (χ4n) is 2.88. The van der Waals surface area contributed by atoms with E-state index < -0.39 is 5.54 Å². The van der Waals surface area contributed by atoms with Crippen LogP contribution in [0.3, 0.4) is 0 Å². The van der Waals surface area contributed by atoms with Crippen molar-refractivity contribution in [1.82, 2.24) is 15.5 Å². The van der Waals surface area contributed by atoms with Crippen molar-refractivity contribution in [2.75, 3.05) is 13.1 Å². The SMILES string of the molecule is N#Cc1ccc(CN2C(=O)NC3(CCCNC3)C2=O)cc1. The summed E-state index contributed by atoms with van der Waals surface area (Å²) in [4.78, 5) is 25.9. The van der Waals surface area contributed by atoms with Gasteiger partial charge in [0.2, 0.25) is 0 Å². The van der Waals surface area contributed by atoms with Crippen molar-refractivity contribution in [3.63, 3.8) is 0 Å². The number of urea groups is 1. The van der Waals surface area contributed by atoms with E-state index in [2.05, 4.69) is 10.6 Å². The maximum Gasteiger partial charge on any atom is 0.325 e. The summed E-state index contributed by atoms with van der Waals surface area (Å²) in [5, 5.41) is 14.8. The number of amides is 3. The van der Waals surface area contributed by atoms with E-state index in [1.807, 2.05) is 6.07 Å². The molecule has 1 atom stereocenters. The molecule has 108 valence electrons. The number of hydrogen-bond donors (Lipinski definition) is 2. The normalized spacial score (nSPS) is 25.0. The van der Waals surface area contributed by atoms with Crippen LogP contribution in [0.1, 0.15) is 24.0 Å². The van der Waals surface area contributed by atoms with Gasteiger partial charge >= 0.3 is 6.03 Å². The fraction of sp³-hybridized carbons (Fsp3) is 0.400. The van der Waals surface area contributed by atoms with Gasteiger partial charge in [0.1, 0.15) is 5.54 Å². The van der Waals surface area contributed by atoms with Crippen LogP contribution < -0.4 is 10.6 Å². The average Bonchev–Trinajstić information content (AvgIpc) is 2.73. The Kier molecular flexibility index (Phi) is 3.35. The molecule has 0 radical (unpaired) electrons. The molecule has 0 aromatic heterocycles. The Morgan fingerprint density at radius 1 is 1.29 bits per heavy atom. The molecule has 0 saturated carbocycles. The molecule has 3 rings (SSSR count). The van der Waals surface area contributed by atoms with Crippen molar-refractivity contribution in [2.24, 2.45) is 0 Å². The molecular formula is C15H16N4O2. The first-order valence-electron chi connectivity index (χ1n) is 6.98. The van der Waals surface area contributed by atoms with Gasteiger partial charge in [-0.3, -0.25) is 9.69 Å². The summed E-state index contributed by atoms with van der Waals surface area (Å²) in [6.07, 6.45) is 1.55. The van der Waals surface area contributed by atoms with E-state index in [4.69, 9.17) is 5.26 Å². The molecule has 1 unspecified atom stereocenters. The average molecular weight is 284 g/mol. The van der Waals surface area contributed by atoms with Crippen LogP contribution in [0.15, 0.2) is 24.3 Å². The first-order chi connectivity index (χ1) is 10.1. The number of carbonyl (C=O) groups excluding carboxylic acids is 2. The first-order valence-corrected chi connectivity index (χ1v) is 6.98. The van der Waals surface area contributed by atoms with E-state index in [-0.39, 0.29) is 18.5 Å². The number of nitriles is 1. The fourth-order valence-corrected chi connectivity index (χ4v) is 2.88. The number of nitrogens with one attached hydrogen (secondary N) is 2. The number of rotatable bonds is 2. The number of piperidine rings is 1. The van der Waals surface area contributed by atoms with Gasteiger partial charge in [-0.2, -0.15) is 5.26 Å². The largest absolute Gasteiger partial charge is 0.325 e. The van der Waals surface area contributed by atoms with Crippen LogP contribution in [-0.2, 0) is 11.3 Å². The maximum atomic E-state index is 12.6.